The highest BCUT2D eigenvalue weighted by Gasteiger charge is 2.16. The number of nitrogens with one attached hydrogen (secondary N) is 1. The van der Waals surface area contributed by atoms with Gasteiger partial charge in [-0.2, -0.15) is 10.5 Å². The topological polar surface area (TPSA) is 102 Å². The van der Waals surface area contributed by atoms with E-state index in [9.17, 15) is 10.5 Å². The Morgan fingerprint density at radius 3 is 2.61 bits per heavy atom. The predicted molar refractivity (Wildman–Crippen MR) is 105 cm³/mol. The first-order valence-corrected chi connectivity index (χ1v) is 8.71. The molecule has 6 nitrogen and oxygen atoms in total. The highest BCUT2D eigenvalue weighted by atomic mass is 14.8. The first-order chi connectivity index (χ1) is 13.8. The van der Waals surface area contributed by atoms with Crippen molar-refractivity contribution in [2.24, 2.45) is 4.99 Å². The van der Waals surface area contributed by atoms with Crippen LogP contribution in [-0.4, -0.2) is 15.0 Å². The molecule has 0 bridgehead atoms. The number of hydrogen-bond donors (Lipinski definition) is 1. The fourth-order valence-corrected chi connectivity index (χ4v) is 3.61. The lowest BCUT2D eigenvalue weighted by Crippen LogP contribution is -2.03. The number of fused-ring (bicyclic) bond motifs is 3. The van der Waals surface area contributed by atoms with Crippen LogP contribution in [0.25, 0.3) is 32.6 Å². The molecule has 0 radical (unpaired) electrons. The molecule has 0 atom stereocenters. The Morgan fingerprint density at radius 2 is 1.82 bits per heavy atom. The molecule has 28 heavy (non-hydrogen) atoms. The van der Waals surface area contributed by atoms with Crippen molar-refractivity contribution in [1.29, 1.82) is 10.5 Å². The monoisotopic (exact) mass is 360 g/mol. The molecule has 0 fully saturated rings. The van der Waals surface area contributed by atoms with E-state index >= 15 is 0 Å². The fourth-order valence-electron chi connectivity index (χ4n) is 3.61. The molecule has 1 N–H and O–H groups in total. The molecule has 3 aromatic carbocycles. The number of aromatic amines is 1. The van der Waals surface area contributed by atoms with Crippen LogP contribution < -0.4 is 5.36 Å². The van der Waals surface area contributed by atoms with E-state index in [2.05, 4.69) is 15.0 Å². The van der Waals surface area contributed by atoms with Crippen LogP contribution in [-0.2, 0) is 6.54 Å². The van der Waals surface area contributed by atoms with Crippen molar-refractivity contribution in [3.63, 3.8) is 0 Å². The summed E-state index contributed by atoms with van der Waals surface area (Å²) in [6.45, 7) is 0.494. The number of hydrogen-bond acceptors (Lipinski definition) is 5. The van der Waals surface area contributed by atoms with E-state index in [1.54, 1.807) is 6.20 Å². The van der Waals surface area contributed by atoms with Crippen LogP contribution >= 0.6 is 0 Å². The van der Waals surface area contributed by atoms with Gasteiger partial charge in [0.1, 0.15) is 12.1 Å². The summed E-state index contributed by atoms with van der Waals surface area (Å²) in [5.41, 5.74) is 2.63. The van der Waals surface area contributed by atoms with Crippen molar-refractivity contribution in [3.05, 3.63) is 77.2 Å². The smallest absolute Gasteiger partial charge is 0.175 e. The predicted octanol–water partition coefficient (Wildman–Crippen LogP) is 3.55. The first kappa shape index (κ1) is 15.9. The second-order valence-corrected chi connectivity index (χ2v) is 6.41. The van der Waals surface area contributed by atoms with E-state index in [-0.39, 0.29) is 11.4 Å². The first-order valence-electron chi connectivity index (χ1n) is 8.71. The highest BCUT2D eigenvalue weighted by Crippen LogP contribution is 2.35. The van der Waals surface area contributed by atoms with Crippen LogP contribution in [0.4, 0.5) is 0 Å². The van der Waals surface area contributed by atoms with Crippen LogP contribution in [0.3, 0.4) is 0 Å². The van der Waals surface area contributed by atoms with Crippen LogP contribution in [0.15, 0.2) is 59.7 Å². The molecule has 5 aromatic rings. The zero-order valence-electron chi connectivity index (χ0n) is 14.6. The van der Waals surface area contributed by atoms with E-state index in [1.807, 2.05) is 60.7 Å². The standard InChI is InChI=1S/C22H12N6/c23-10-18-19(11-24)28-22-16-7-8-17(26-12-13-4-1-2-9-25-13)14-5-3-6-15(20(14)16)21(22)27-18/h1-9,28H,12H2. The van der Waals surface area contributed by atoms with Crippen LogP contribution in [0.2, 0.25) is 0 Å². The highest BCUT2D eigenvalue weighted by molar-refractivity contribution is 6.27. The number of benzene rings is 2. The number of nitriles is 2. The van der Waals surface area contributed by atoms with Crippen molar-refractivity contribution in [1.82, 2.24) is 15.0 Å². The lowest BCUT2D eigenvalue weighted by molar-refractivity contribution is 0.956. The minimum Gasteiger partial charge on any atom is -0.342 e. The van der Waals surface area contributed by atoms with Crippen LogP contribution in [0.1, 0.15) is 17.1 Å². The summed E-state index contributed by atoms with van der Waals surface area (Å²) in [5, 5.41) is 23.4. The summed E-state index contributed by atoms with van der Waals surface area (Å²) in [4.78, 5) is 16.6. The summed E-state index contributed by atoms with van der Waals surface area (Å²) in [7, 11) is 0. The molecule has 130 valence electrons. The summed E-state index contributed by atoms with van der Waals surface area (Å²) in [6, 6.07) is 19.7. The molecular weight excluding hydrogens is 348 g/mol. The molecule has 0 aliphatic carbocycles. The van der Waals surface area contributed by atoms with Gasteiger partial charge in [-0.3, -0.25) is 9.98 Å². The summed E-state index contributed by atoms with van der Waals surface area (Å²) < 4.78 is 0. The normalized spacial score (nSPS) is 11.9. The van der Waals surface area contributed by atoms with E-state index in [1.165, 1.54) is 0 Å². The lowest BCUT2D eigenvalue weighted by Gasteiger charge is -2.00. The van der Waals surface area contributed by atoms with Gasteiger partial charge in [0, 0.05) is 27.7 Å². The Morgan fingerprint density at radius 1 is 0.929 bits per heavy atom. The second-order valence-electron chi connectivity index (χ2n) is 6.41. The fraction of sp³-hybridized carbons (Fsp3) is 0.0455. The van der Waals surface area contributed by atoms with Gasteiger partial charge in [-0.1, -0.05) is 30.3 Å². The van der Waals surface area contributed by atoms with Gasteiger partial charge in [-0.25, -0.2) is 4.98 Å². The molecule has 2 heterocycles. The zero-order chi connectivity index (χ0) is 19.1. The molecule has 0 saturated heterocycles. The van der Waals surface area contributed by atoms with E-state index in [0.29, 0.717) is 12.1 Å². The van der Waals surface area contributed by atoms with Gasteiger partial charge >= 0.3 is 0 Å². The van der Waals surface area contributed by atoms with E-state index in [0.717, 1.165) is 38.1 Å². The minimum absolute atomic E-state index is 0.103. The van der Waals surface area contributed by atoms with Gasteiger partial charge in [0.25, 0.3) is 0 Å². The molecule has 0 amide bonds. The average Bonchev–Trinajstić information content (AvgIpc) is 3.07. The summed E-state index contributed by atoms with van der Waals surface area (Å²) in [6.07, 6.45) is 1.76. The number of aromatic nitrogens is 3. The Balaban J connectivity index is 1.82. The zero-order valence-corrected chi connectivity index (χ0v) is 14.6. The molecule has 0 saturated carbocycles. The Labute approximate surface area is 159 Å². The Kier molecular flexibility index (Phi) is 3.50. The van der Waals surface area contributed by atoms with E-state index < -0.39 is 0 Å². The van der Waals surface area contributed by atoms with Gasteiger partial charge in [-0.15, -0.1) is 0 Å². The Hall–Kier alpha value is -4.29. The number of pyridine rings is 1. The average molecular weight is 360 g/mol. The largest absolute Gasteiger partial charge is 0.342 e. The Bertz CT molecular complexity index is 1450. The van der Waals surface area contributed by atoms with E-state index in [4.69, 9.17) is 4.99 Å². The minimum atomic E-state index is 0.103. The summed E-state index contributed by atoms with van der Waals surface area (Å²) in [5.74, 6) is 0. The molecule has 0 unspecified atom stereocenters. The molecule has 0 aliphatic rings. The van der Waals surface area contributed by atoms with Crippen molar-refractivity contribution >= 4 is 32.6 Å². The SMILES string of the molecule is N#Cc1nc2c3cccc4c(=NCc5ccccn5)ccc(c2[nH]c1C#N)c43. The van der Waals surface area contributed by atoms with Gasteiger partial charge in [0.15, 0.2) is 11.4 Å². The molecule has 6 heteroatoms. The number of nitrogens with zero attached hydrogens (tertiary/aromatic N) is 5. The maximum Gasteiger partial charge on any atom is 0.175 e. The van der Waals surface area contributed by atoms with Gasteiger partial charge in [0.2, 0.25) is 0 Å². The molecule has 5 rings (SSSR count). The molecular formula is C22H12N6. The van der Waals surface area contributed by atoms with Crippen LogP contribution in [0.5, 0.6) is 0 Å². The van der Waals surface area contributed by atoms with Crippen LogP contribution in [0, 0.1) is 22.7 Å². The van der Waals surface area contributed by atoms with Crippen molar-refractivity contribution in [2.75, 3.05) is 0 Å². The third kappa shape index (κ3) is 2.29. The van der Waals surface area contributed by atoms with Crippen molar-refractivity contribution in [3.8, 4) is 12.1 Å². The maximum atomic E-state index is 9.32. The van der Waals surface area contributed by atoms with Gasteiger partial charge in [0.05, 0.1) is 28.6 Å². The second kappa shape index (κ2) is 6.15. The quantitative estimate of drug-likeness (QED) is 0.520. The number of rotatable bonds is 2. The maximum absolute atomic E-state index is 9.32. The molecule has 0 spiro atoms. The number of H-pyrrole nitrogens is 1. The summed E-state index contributed by atoms with van der Waals surface area (Å²) >= 11 is 0. The molecule has 2 aromatic heterocycles. The third-order valence-electron chi connectivity index (χ3n) is 4.84. The van der Waals surface area contributed by atoms with Gasteiger partial charge < -0.3 is 4.98 Å². The van der Waals surface area contributed by atoms with Crippen molar-refractivity contribution < 1.29 is 0 Å². The van der Waals surface area contributed by atoms with Crippen molar-refractivity contribution in [2.45, 2.75) is 6.54 Å². The third-order valence-corrected chi connectivity index (χ3v) is 4.84. The lowest BCUT2D eigenvalue weighted by atomic mass is 10.1. The molecule has 0 aliphatic heterocycles. The van der Waals surface area contributed by atoms with Gasteiger partial charge in [-0.05, 0) is 18.2 Å².